The Bertz CT molecular complexity index is 665. The summed E-state index contributed by atoms with van der Waals surface area (Å²) in [6, 6.07) is -0.939. The highest BCUT2D eigenvalue weighted by atomic mass is 16.2. The van der Waals surface area contributed by atoms with Gasteiger partial charge in [0, 0.05) is 14.1 Å². The molecule has 0 bridgehead atoms. The van der Waals surface area contributed by atoms with Crippen LogP contribution in [0.25, 0.3) is 0 Å². The number of carbonyl (C=O) groups is 2. The summed E-state index contributed by atoms with van der Waals surface area (Å²) in [5.41, 5.74) is 0.941. The number of aliphatic imine (C=N–C) groups is 1. The second-order valence-electron chi connectivity index (χ2n) is 6.21. The summed E-state index contributed by atoms with van der Waals surface area (Å²) in [6.07, 6.45) is 2.04. The Morgan fingerprint density at radius 1 is 1.22 bits per heavy atom. The lowest BCUT2D eigenvalue weighted by atomic mass is 10.1. The van der Waals surface area contributed by atoms with E-state index in [4.69, 9.17) is 0 Å². The number of amides is 3. The average Bonchev–Trinajstić information content (AvgIpc) is 2.94. The van der Waals surface area contributed by atoms with Gasteiger partial charge in [-0.25, -0.2) is 9.37 Å². The standard InChI is InChI=1S/C15H23N6O2/c1-6-7-8-20-14-16-12-11(21(14)10(3)9(2)17-20)13(22)19(5)15(23)18(12)4/h10-11H,6-8H2,1-5H3/q+1. The number of urea groups is 1. The number of rotatable bonds is 3. The van der Waals surface area contributed by atoms with E-state index < -0.39 is 6.04 Å². The van der Waals surface area contributed by atoms with E-state index in [1.54, 1.807) is 7.05 Å². The summed E-state index contributed by atoms with van der Waals surface area (Å²) in [5.74, 6) is 0.921. The second-order valence-corrected chi connectivity index (χ2v) is 6.21. The molecule has 3 aliphatic rings. The van der Waals surface area contributed by atoms with E-state index in [1.807, 2.05) is 23.4 Å². The van der Waals surface area contributed by atoms with Crippen LogP contribution in [-0.2, 0) is 4.79 Å². The second kappa shape index (κ2) is 5.43. The van der Waals surface area contributed by atoms with Gasteiger partial charge in [0.1, 0.15) is 6.04 Å². The summed E-state index contributed by atoms with van der Waals surface area (Å²) in [6.45, 7) is 6.84. The molecule has 3 heterocycles. The summed E-state index contributed by atoms with van der Waals surface area (Å²) in [7, 11) is 3.17. The van der Waals surface area contributed by atoms with Crippen LogP contribution in [0.15, 0.2) is 10.1 Å². The normalized spacial score (nSPS) is 27.3. The van der Waals surface area contributed by atoms with E-state index in [0.29, 0.717) is 11.8 Å². The van der Waals surface area contributed by atoms with Crippen LogP contribution >= 0.6 is 0 Å². The molecule has 8 heteroatoms. The van der Waals surface area contributed by atoms with Gasteiger partial charge in [-0.15, -0.1) is 10.1 Å². The van der Waals surface area contributed by atoms with E-state index in [2.05, 4.69) is 17.0 Å². The van der Waals surface area contributed by atoms with Crippen LogP contribution in [0.2, 0.25) is 0 Å². The van der Waals surface area contributed by atoms with Crippen molar-refractivity contribution in [2.24, 2.45) is 10.1 Å². The molecule has 8 nitrogen and oxygen atoms in total. The van der Waals surface area contributed by atoms with Crippen molar-refractivity contribution in [3.63, 3.8) is 0 Å². The Kier molecular flexibility index (Phi) is 3.69. The predicted molar refractivity (Wildman–Crippen MR) is 86.6 cm³/mol. The SMILES string of the molecule is CCCCN1N=C(C)C(C)[N+]2=C1N=C1C2C(=O)N(C)C(=O)N1C. The number of fused-ring (bicyclic) bond motifs is 2. The van der Waals surface area contributed by atoms with Gasteiger partial charge < -0.3 is 0 Å². The number of hydrogen-bond acceptors (Lipinski definition) is 5. The van der Waals surface area contributed by atoms with Crippen LogP contribution in [0.4, 0.5) is 4.79 Å². The molecule has 0 radical (unpaired) electrons. The zero-order valence-electron chi connectivity index (χ0n) is 14.3. The fraction of sp³-hybridized carbons (Fsp3) is 0.667. The molecule has 1 saturated heterocycles. The van der Waals surface area contributed by atoms with Gasteiger partial charge in [-0.1, -0.05) is 18.3 Å². The first-order valence-corrected chi connectivity index (χ1v) is 8.00. The number of carbonyl (C=O) groups excluding carboxylic acids is 2. The molecule has 124 valence electrons. The lowest BCUT2D eigenvalue weighted by Gasteiger charge is -2.33. The van der Waals surface area contributed by atoms with Crippen LogP contribution in [0.5, 0.6) is 0 Å². The maximum absolute atomic E-state index is 12.7. The third-order valence-corrected chi connectivity index (χ3v) is 4.70. The third kappa shape index (κ3) is 2.15. The molecule has 0 aliphatic carbocycles. The summed E-state index contributed by atoms with van der Waals surface area (Å²) in [5, 5.41) is 6.48. The molecule has 0 aromatic heterocycles. The largest absolute Gasteiger partial charge is 0.416 e. The average molecular weight is 319 g/mol. The molecular weight excluding hydrogens is 296 g/mol. The van der Waals surface area contributed by atoms with Gasteiger partial charge in [0.15, 0.2) is 0 Å². The Hall–Kier alpha value is -2.25. The lowest BCUT2D eigenvalue weighted by molar-refractivity contribution is -0.559. The molecule has 0 aromatic carbocycles. The number of hydrogen-bond donors (Lipinski definition) is 0. The molecule has 23 heavy (non-hydrogen) atoms. The molecule has 3 amide bonds. The van der Waals surface area contributed by atoms with Gasteiger partial charge in [-0.2, -0.15) is 0 Å². The van der Waals surface area contributed by atoms with Gasteiger partial charge in [-0.05, 0) is 20.3 Å². The maximum Gasteiger partial charge on any atom is 0.416 e. The van der Waals surface area contributed by atoms with E-state index in [0.717, 1.165) is 30.0 Å². The van der Waals surface area contributed by atoms with E-state index in [-0.39, 0.29) is 18.0 Å². The number of guanidine groups is 1. The Balaban J connectivity index is 2.05. The molecule has 2 unspecified atom stereocenters. The highest BCUT2D eigenvalue weighted by molar-refractivity contribution is 6.23. The summed E-state index contributed by atoms with van der Waals surface area (Å²) >= 11 is 0. The Morgan fingerprint density at radius 3 is 2.57 bits per heavy atom. The molecule has 0 saturated carbocycles. The maximum atomic E-state index is 12.7. The van der Waals surface area contributed by atoms with Crippen LogP contribution in [-0.4, -0.2) is 81.6 Å². The third-order valence-electron chi connectivity index (χ3n) is 4.70. The fourth-order valence-corrected chi connectivity index (χ4v) is 3.12. The van der Waals surface area contributed by atoms with Crippen molar-refractivity contribution in [2.45, 2.75) is 45.7 Å². The number of imide groups is 1. The van der Waals surface area contributed by atoms with E-state index in [1.165, 1.54) is 11.9 Å². The van der Waals surface area contributed by atoms with Gasteiger partial charge in [0.25, 0.3) is 5.91 Å². The Labute approximate surface area is 135 Å². The zero-order valence-corrected chi connectivity index (χ0v) is 14.3. The van der Waals surface area contributed by atoms with Crippen LogP contribution < -0.4 is 0 Å². The highest BCUT2D eigenvalue weighted by Gasteiger charge is 2.55. The smallest absolute Gasteiger partial charge is 0.270 e. The first-order chi connectivity index (χ1) is 10.9. The molecule has 2 atom stereocenters. The van der Waals surface area contributed by atoms with Crippen LogP contribution in [0.1, 0.15) is 33.6 Å². The van der Waals surface area contributed by atoms with E-state index in [9.17, 15) is 9.59 Å². The molecular formula is C15H23N6O2+. The Morgan fingerprint density at radius 2 is 1.91 bits per heavy atom. The summed E-state index contributed by atoms with van der Waals surface area (Å²) in [4.78, 5) is 32.1. The van der Waals surface area contributed by atoms with Gasteiger partial charge in [0.05, 0.1) is 12.3 Å². The molecule has 1 fully saturated rings. The number of hydrazone groups is 1. The van der Waals surface area contributed by atoms with Crippen molar-refractivity contribution in [2.75, 3.05) is 20.6 Å². The first-order valence-electron chi connectivity index (χ1n) is 8.00. The van der Waals surface area contributed by atoms with Gasteiger partial charge >= 0.3 is 12.0 Å². The molecule has 3 aliphatic heterocycles. The van der Waals surface area contributed by atoms with Crippen molar-refractivity contribution in [3.8, 4) is 0 Å². The zero-order chi connectivity index (χ0) is 16.9. The minimum absolute atomic E-state index is 0.0342. The van der Waals surface area contributed by atoms with Crippen molar-refractivity contribution in [3.05, 3.63) is 0 Å². The van der Waals surface area contributed by atoms with E-state index >= 15 is 0 Å². The number of unbranched alkanes of at least 4 members (excludes halogenated alkanes) is 1. The lowest BCUT2D eigenvalue weighted by Crippen LogP contribution is -2.63. The van der Waals surface area contributed by atoms with Gasteiger partial charge in [-0.3, -0.25) is 14.6 Å². The highest BCUT2D eigenvalue weighted by Crippen LogP contribution is 2.24. The van der Waals surface area contributed by atoms with Crippen molar-refractivity contribution >= 4 is 29.4 Å². The van der Waals surface area contributed by atoms with Crippen LogP contribution in [0, 0.1) is 0 Å². The minimum atomic E-state index is -0.553. The van der Waals surface area contributed by atoms with Crippen molar-refractivity contribution < 1.29 is 14.2 Å². The first kappa shape index (κ1) is 15.6. The monoisotopic (exact) mass is 319 g/mol. The summed E-state index contributed by atoms with van der Waals surface area (Å²) < 4.78 is 1.98. The van der Waals surface area contributed by atoms with Crippen molar-refractivity contribution in [1.82, 2.24) is 14.8 Å². The molecule has 3 rings (SSSR count). The number of nitrogens with zero attached hydrogens (tertiary/aromatic N) is 6. The molecule has 0 aromatic rings. The molecule has 0 N–H and O–H groups in total. The van der Waals surface area contributed by atoms with Crippen LogP contribution in [0.3, 0.4) is 0 Å². The number of amidine groups is 1. The fourth-order valence-electron chi connectivity index (χ4n) is 3.12. The van der Waals surface area contributed by atoms with Crippen molar-refractivity contribution in [1.29, 1.82) is 0 Å². The number of likely N-dealkylation sites (N-methyl/N-ethyl adjacent to an activating group) is 2. The quantitative estimate of drug-likeness (QED) is 0.713. The predicted octanol–water partition coefficient (Wildman–Crippen LogP) is 0.540. The topological polar surface area (TPSA) is 71.6 Å². The minimum Gasteiger partial charge on any atom is -0.270 e. The van der Waals surface area contributed by atoms with Gasteiger partial charge in [0.2, 0.25) is 11.9 Å². The molecule has 0 spiro atoms.